The third kappa shape index (κ3) is 3.60. The summed E-state index contributed by atoms with van der Waals surface area (Å²) in [5.74, 6) is 1.07. The van der Waals surface area contributed by atoms with Crippen molar-refractivity contribution in [3.63, 3.8) is 0 Å². The molecule has 30 heavy (non-hydrogen) atoms. The normalized spacial score (nSPS) is 25.8. The monoisotopic (exact) mass is 411 g/mol. The molecule has 156 valence electrons. The van der Waals surface area contributed by atoms with Gasteiger partial charge < -0.3 is 19.6 Å². The molecule has 2 aliphatic heterocycles. The number of nitrogens with zero attached hydrogens (tertiary/aromatic N) is 4. The number of fused-ring (bicyclic) bond motifs is 2. The summed E-state index contributed by atoms with van der Waals surface area (Å²) in [4.78, 5) is 0. The van der Waals surface area contributed by atoms with Crippen molar-refractivity contribution in [1.82, 2.24) is 25.7 Å². The minimum atomic E-state index is -1.06. The molecule has 0 aliphatic carbocycles. The van der Waals surface area contributed by atoms with E-state index in [-0.39, 0.29) is 17.7 Å². The van der Waals surface area contributed by atoms with Gasteiger partial charge in [-0.1, -0.05) is 6.42 Å². The van der Waals surface area contributed by atoms with E-state index < -0.39 is 12.3 Å². The van der Waals surface area contributed by atoms with Crippen molar-refractivity contribution in [2.45, 2.75) is 57.0 Å². The maximum Gasteiger partial charge on any atom is 0.247 e. The molecule has 1 aromatic carbocycles. The number of aromatic hydroxyl groups is 1. The van der Waals surface area contributed by atoms with Crippen LogP contribution in [0, 0.1) is 6.92 Å². The van der Waals surface area contributed by atoms with Gasteiger partial charge in [-0.25, -0.2) is 4.39 Å². The Morgan fingerprint density at radius 2 is 2.03 bits per heavy atom. The van der Waals surface area contributed by atoms with Crippen LogP contribution in [0.5, 0.6) is 11.6 Å². The van der Waals surface area contributed by atoms with E-state index in [2.05, 4.69) is 25.7 Å². The number of phenols is 1. The first kappa shape index (κ1) is 18.9. The highest BCUT2D eigenvalue weighted by atomic mass is 19.1. The first-order valence-corrected chi connectivity index (χ1v) is 10.1. The zero-order valence-electron chi connectivity index (χ0n) is 16.5. The molecule has 2 bridgehead atoms. The lowest BCUT2D eigenvalue weighted by molar-refractivity contribution is 0.00652. The number of aromatic nitrogens is 4. The van der Waals surface area contributed by atoms with Crippen LogP contribution >= 0.6 is 0 Å². The van der Waals surface area contributed by atoms with Crippen LogP contribution in [0.3, 0.4) is 0 Å². The summed E-state index contributed by atoms with van der Waals surface area (Å²) in [6, 6.07) is 8.51. The summed E-state index contributed by atoms with van der Waals surface area (Å²) < 4.78 is 25.9. The van der Waals surface area contributed by atoms with E-state index >= 15 is 0 Å². The molecule has 5 rings (SSSR count). The Labute approximate surface area is 172 Å². The van der Waals surface area contributed by atoms with Gasteiger partial charge in [-0.15, -0.1) is 20.4 Å². The van der Waals surface area contributed by atoms with Gasteiger partial charge in [0, 0.05) is 42.6 Å². The number of phenolic OH excluding ortho intramolecular Hbond substituents is 1. The van der Waals surface area contributed by atoms with Crippen molar-refractivity contribution in [3.05, 3.63) is 36.2 Å². The third-order valence-electron chi connectivity index (χ3n) is 5.73. The first-order valence-electron chi connectivity index (χ1n) is 10.1. The Hall–Kier alpha value is -3.07. The lowest BCUT2D eigenvalue weighted by Gasteiger charge is -2.42. The van der Waals surface area contributed by atoms with E-state index in [1.807, 2.05) is 0 Å². The number of aryl methyl sites for hydroxylation is 1. The Bertz CT molecular complexity index is 1040. The largest absolute Gasteiger partial charge is 0.507 e. The van der Waals surface area contributed by atoms with Crippen LogP contribution in [-0.2, 0) is 0 Å². The molecule has 2 aliphatic rings. The third-order valence-corrected chi connectivity index (χ3v) is 5.73. The van der Waals surface area contributed by atoms with Gasteiger partial charge in [-0.2, -0.15) is 0 Å². The number of piperidine rings is 2. The zero-order valence-corrected chi connectivity index (χ0v) is 16.5. The van der Waals surface area contributed by atoms with Crippen molar-refractivity contribution < 1.29 is 18.7 Å². The van der Waals surface area contributed by atoms with Gasteiger partial charge in [0.15, 0.2) is 6.17 Å². The number of hydrogen-bond donors (Lipinski definition) is 2. The van der Waals surface area contributed by atoms with Gasteiger partial charge in [-0.3, -0.25) is 0 Å². The van der Waals surface area contributed by atoms with Crippen molar-refractivity contribution in [2.24, 2.45) is 0 Å². The van der Waals surface area contributed by atoms with Crippen molar-refractivity contribution in [3.8, 4) is 34.3 Å². The van der Waals surface area contributed by atoms with Crippen molar-refractivity contribution in [2.75, 3.05) is 0 Å². The quantitative estimate of drug-likeness (QED) is 0.674. The topological polar surface area (TPSA) is 106 Å². The predicted octanol–water partition coefficient (Wildman–Crippen LogP) is 3.21. The highest BCUT2D eigenvalue weighted by Crippen LogP contribution is 2.33. The molecule has 9 heteroatoms. The SMILES string of the molecule is Cc1nnc(-c2ccc(-c3ccc(O[C@H]4CC5CCCC(N5)[C@H]4F)nn3)c(O)c2)o1. The van der Waals surface area contributed by atoms with Crippen LogP contribution in [0.25, 0.3) is 22.7 Å². The van der Waals surface area contributed by atoms with Crippen molar-refractivity contribution in [1.29, 1.82) is 0 Å². The predicted molar refractivity (Wildman–Crippen MR) is 106 cm³/mol. The van der Waals surface area contributed by atoms with Crippen LogP contribution in [0.2, 0.25) is 0 Å². The fourth-order valence-corrected chi connectivity index (χ4v) is 4.25. The minimum Gasteiger partial charge on any atom is -0.507 e. The van der Waals surface area contributed by atoms with E-state index in [1.54, 1.807) is 31.2 Å². The number of alkyl halides is 1. The van der Waals surface area contributed by atoms with E-state index in [9.17, 15) is 9.50 Å². The number of nitrogens with one attached hydrogen (secondary N) is 1. The fourth-order valence-electron chi connectivity index (χ4n) is 4.25. The molecule has 2 unspecified atom stereocenters. The summed E-state index contributed by atoms with van der Waals surface area (Å²) >= 11 is 0. The summed E-state index contributed by atoms with van der Waals surface area (Å²) in [5.41, 5.74) is 1.59. The summed E-state index contributed by atoms with van der Waals surface area (Å²) in [5, 5.41) is 29.7. The summed E-state index contributed by atoms with van der Waals surface area (Å²) in [6.45, 7) is 1.70. The number of halogens is 1. The van der Waals surface area contributed by atoms with E-state index in [1.165, 1.54) is 6.07 Å². The highest BCUT2D eigenvalue weighted by Gasteiger charge is 2.41. The molecule has 2 aromatic heterocycles. The zero-order chi connectivity index (χ0) is 20.7. The summed E-state index contributed by atoms with van der Waals surface area (Å²) in [7, 11) is 0. The fraction of sp³-hybridized carbons (Fsp3) is 0.429. The lowest BCUT2D eigenvalue weighted by atomic mass is 9.84. The van der Waals surface area contributed by atoms with Crippen LogP contribution in [0.1, 0.15) is 31.6 Å². The van der Waals surface area contributed by atoms with E-state index in [0.29, 0.717) is 41.1 Å². The lowest BCUT2D eigenvalue weighted by Crippen LogP contribution is -2.59. The molecule has 0 saturated carbocycles. The minimum absolute atomic E-state index is 0.0151. The molecule has 2 fully saturated rings. The second-order valence-corrected chi connectivity index (χ2v) is 7.85. The number of rotatable bonds is 4. The molecule has 0 amide bonds. The van der Waals surface area contributed by atoms with Crippen LogP contribution in [0.15, 0.2) is 34.7 Å². The Morgan fingerprint density at radius 3 is 2.77 bits per heavy atom. The molecule has 0 radical (unpaired) electrons. The van der Waals surface area contributed by atoms with Gasteiger partial charge in [0.05, 0.1) is 5.69 Å². The van der Waals surface area contributed by atoms with Crippen LogP contribution in [-0.4, -0.2) is 49.9 Å². The molecule has 2 saturated heterocycles. The van der Waals surface area contributed by atoms with Crippen LogP contribution in [0.4, 0.5) is 4.39 Å². The van der Waals surface area contributed by atoms with Crippen molar-refractivity contribution >= 4 is 0 Å². The molecule has 8 nitrogen and oxygen atoms in total. The van der Waals surface area contributed by atoms with Crippen LogP contribution < -0.4 is 10.1 Å². The van der Waals surface area contributed by atoms with Gasteiger partial charge in [0.2, 0.25) is 17.7 Å². The van der Waals surface area contributed by atoms with E-state index in [0.717, 1.165) is 19.3 Å². The average Bonchev–Trinajstić information content (AvgIpc) is 3.19. The molecular weight excluding hydrogens is 389 g/mol. The number of ether oxygens (including phenoxy) is 1. The molecule has 2 N–H and O–H groups in total. The van der Waals surface area contributed by atoms with E-state index in [4.69, 9.17) is 9.15 Å². The Balaban J connectivity index is 1.31. The molecule has 4 atom stereocenters. The Morgan fingerprint density at radius 1 is 1.13 bits per heavy atom. The first-order chi connectivity index (χ1) is 14.6. The average molecular weight is 411 g/mol. The maximum absolute atomic E-state index is 14.7. The Kier molecular flexibility index (Phi) is 4.82. The molecule has 3 aromatic rings. The van der Waals surface area contributed by atoms with Gasteiger partial charge in [0.1, 0.15) is 11.9 Å². The number of benzene rings is 1. The van der Waals surface area contributed by atoms with Gasteiger partial charge in [0.25, 0.3) is 0 Å². The molecule has 4 heterocycles. The van der Waals surface area contributed by atoms with Gasteiger partial charge >= 0.3 is 0 Å². The second-order valence-electron chi connectivity index (χ2n) is 7.85. The molecule has 0 spiro atoms. The maximum atomic E-state index is 14.7. The molecular formula is C21H22FN5O3. The summed E-state index contributed by atoms with van der Waals surface area (Å²) in [6.07, 6.45) is 1.98. The second kappa shape index (κ2) is 7.64. The standard InChI is InChI=1S/C21H22FN5O3/c1-11-24-27-21(29-11)12-5-6-14(17(28)9-12)15-7-8-19(26-25-15)30-18-10-13-3-2-4-16(23-13)20(18)22/h5-9,13,16,18,20,23,28H,2-4,10H2,1H3/t13?,16?,18-,20+/m0/s1. The van der Waals surface area contributed by atoms with Gasteiger partial charge in [-0.05, 0) is 37.1 Å². The highest BCUT2D eigenvalue weighted by molar-refractivity contribution is 5.71. The number of hydrogen-bond acceptors (Lipinski definition) is 8. The smallest absolute Gasteiger partial charge is 0.247 e.